The first-order valence-electron chi connectivity index (χ1n) is 11.2. The van der Waals surface area contributed by atoms with Crippen LogP contribution in [0.1, 0.15) is 12.5 Å². The van der Waals surface area contributed by atoms with Gasteiger partial charge in [0.25, 0.3) is 5.91 Å². The van der Waals surface area contributed by atoms with E-state index in [-0.39, 0.29) is 19.1 Å². The smallest absolute Gasteiger partial charge is 0.258 e. The number of hydrogen-bond acceptors (Lipinski definition) is 8. The van der Waals surface area contributed by atoms with Crippen LogP contribution in [0.15, 0.2) is 54.6 Å². The summed E-state index contributed by atoms with van der Waals surface area (Å²) in [6, 6.07) is 16.5. The zero-order chi connectivity index (χ0) is 24.6. The molecular formula is C25H27N5O5. The lowest BCUT2D eigenvalue weighted by molar-refractivity contribution is -0.123. The van der Waals surface area contributed by atoms with Crippen molar-refractivity contribution in [1.29, 1.82) is 0 Å². The Balaban J connectivity index is 1.34. The van der Waals surface area contributed by atoms with Gasteiger partial charge in [-0.05, 0) is 36.2 Å². The van der Waals surface area contributed by atoms with E-state index in [4.69, 9.17) is 18.9 Å². The zero-order valence-electron chi connectivity index (χ0n) is 19.9. The Bertz CT molecular complexity index is 1310. The Hall–Kier alpha value is -4.34. The fourth-order valence-electron chi connectivity index (χ4n) is 3.48. The number of carbonyl (C=O) groups excluding carboxylic acids is 1. The van der Waals surface area contributed by atoms with Gasteiger partial charge >= 0.3 is 0 Å². The van der Waals surface area contributed by atoms with Crippen molar-refractivity contribution in [1.82, 2.24) is 25.1 Å². The van der Waals surface area contributed by atoms with E-state index < -0.39 is 0 Å². The highest BCUT2D eigenvalue weighted by atomic mass is 16.5. The predicted molar refractivity (Wildman–Crippen MR) is 129 cm³/mol. The van der Waals surface area contributed by atoms with Gasteiger partial charge in [-0.3, -0.25) is 4.79 Å². The summed E-state index contributed by atoms with van der Waals surface area (Å²) in [6.45, 7) is 2.52. The molecule has 0 saturated heterocycles. The number of benzene rings is 2. The van der Waals surface area contributed by atoms with Crippen molar-refractivity contribution >= 4 is 11.6 Å². The molecule has 182 valence electrons. The summed E-state index contributed by atoms with van der Waals surface area (Å²) >= 11 is 0. The average molecular weight is 478 g/mol. The van der Waals surface area contributed by atoms with Crippen LogP contribution in [0.4, 0.5) is 0 Å². The van der Waals surface area contributed by atoms with Crippen LogP contribution < -0.4 is 24.3 Å². The van der Waals surface area contributed by atoms with Crippen molar-refractivity contribution in [3.63, 3.8) is 0 Å². The van der Waals surface area contributed by atoms with Gasteiger partial charge in [0, 0.05) is 12.1 Å². The molecule has 2 aromatic heterocycles. The number of nitrogens with one attached hydrogen (secondary N) is 1. The van der Waals surface area contributed by atoms with Crippen molar-refractivity contribution in [3.8, 4) is 34.5 Å². The fraction of sp³-hybridized carbons (Fsp3) is 0.280. The van der Waals surface area contributed by atoms with Crippen LogP contribution in [0.3, 0.4) is 0 Å². The lowest BCUT2D eigenvalue weighted by Crippen LogP contribution is -2.32. The third-order valence-electron chi connectivity index (χ3n) is 5.27. The van der Waals surface area contributed by atoms with Gasteiger partial charge in [0.1, 0.15) is 23.9 Å². The minimum Gasteiger partial charge on any atom is -0.497 e. The normalized spacial score (nSPS) is 10.7. The van der Waals surface area contributed by atoms with Crippen LogP contribution in [-0.4, -0.2) is 59.7 Å². The van der Waals surface area contributed by atoms with Crippen LogP contribution in [0.2, 0.25) is 0 Å². The van der Waals surface area contributed by atoms with E-state index in [1.807, 2.05) is 43.3 Å². The maximum absolute atomic E-state index is 12.1. The monoisotopic (exact) mass is 477 g/mol. The number of methoxy groups -OCH3 is 2. The molecule has 4 rings (SSSR count). The summed E-state index contributed by atoms with van der Waals surface area (Å²) in [5.74, 6) is 2.61. The van der Waals surface area contributed by atoms with Crippen molar-refractivity contribution in [2.45, 2.75) is 13.3 Å². The molecule has 35 heavy (non-hydrogen) atoms. The second kappa shape index (κ2) is 11.2. The van der Waals surface area contributed by atoms with Crippen LogP contribution in [0.25, 0.3) is 17.0 Å². The molecule has 0 aliphatic rings. The van der Waals surface area contributed by atoms with Gasteiger partial charge in [0.15, 0.2) is 18.1 Å². The second-order valence-electron chi connectivity index (χ2n) is 7.48. The molecule has 2 aromatic carbocycles. The van der Waals surface area contributed by atoms with E-state index in [2.05, 4.69) is 20.6 Å². The van der Waals surface area contributed by atoms with E-state index in [1.165, 1.54) is 0 Å². The molecule has 0 radical (unpaired) electrons. The molecule has 2 heterocycles. The Morgan fingerprint density at radius 1 is 0.971 bits per heavy atom. The highest BCUT2D eigenvalue weighted by molar-refractivity contribution is 5.77. The lowest BCUT2D eigenvalue weighted by Gasteiger charge is -2.11. The highest BCUT2D eigenvalue weighted by Crippen LogP contribution is 2.32. The van der Waals surface area contributed by atoms with E-state index in [0.29, 0.717) is 41.0 Å². The molecule has 0 unspecified atom stereocenters. The number of aromatic nitrogens is 4. The van der Waals surface area contributed by atoms with Crippen LogP contribution in [0, 0.1) is 0 Å². The molecule has 10 heteroatoms. The molecule has 0 bridgehead atoms. The molecule has 1 amide bonds. The van der Waals surface area contributed by atoms with Crippen molar-refractivity contribution < 1.29 is 23.7 Å². The average Bonchev–Trinajstić information content (AvgIpc) is 3.32. The lowest BCUT2D eigenvalue weighted by atomic mass is 10.1. The van der Waals surface area contributed by atoms with Gasteiger partial charge in [0.2, 0.25) is 5.88 Å². The van der Waals surface area contributed by atoms with Crippen molar-refractivity contribution in [2.75, 3.05) is 34.0 Å². The predicted octanol–water partition coefficient (Wildman–Crippen LogP) is 2.94. The molecule has 10 nitrogen and oxygen atoms in total. The van der Waals surface area contributed by atoms with Crippen molar-refractivity contribution in [3.05, 3.63) is 60.2 Å². The summed E-state index contributed by atoms with van der Waals surface area (Å²) in [4.78, 5) is 12.1. The number of para-hydroxylation sites is 1. The number of aryl methyl sites for hydroxylation is 1. The molecule has 0 spiro atoms. The molecule has 0 atom stereocenters. The molecule has 4 aromatic rings. The SMILES string of the molecule is CCc1ccccc1OCC(=O)NCCOc1ccc2nnc(-c3ccc(OC)cc3OC)n2n1. The summed E-state index contributed by atoms with van der Waals surface area (Å²) in [6.07, 6.45) is 0.836. The first-order chi connectivity index (χ1) is 17.1. The fourth-order valence-corrected chi connectivity index (χ4v) is 3.48. The van der Waals surface area contributed by atoms with E-state index in [9.17, 15) is 4.79 Å². The molecule has 0 fully saturated rings. The van der Waals surface area contributed by atoms with Crippen LogP contribution >= 0.6 is 0 Å². The van der Waals surface area contributed by atoms with E-state index >= 15 is 0 Å². The number of nitrogens with zero attached hydrogens (tertiary/aromatic N) is 4. The first kappa shape index (κ1) is 23.8. The minimum absolute atomic E-state index is 0.0605. The quantitative estimate of drug-likeness (QED) is 0.329. The molecule has 0 saturated carbocycles. The van der Waals surface area contributed by atoms with Gasteiger partial charge in [-0.15, -0.1) is 15.3 Å². The summed E-state index contributed by atoms with van der Waals surface area (Å²) < 4.78 is 23.7. The van der Waals surface area contributed by atoms with Crippen molar-refractivity contribution in [2.24, 2.45) is 0 Å². The standard InChI is InChI=1S/C25H27N5O5/c1-4-17-7-5-6-8-20(17)35-16-23(31)26-13-14-34-24-12-11-22-27-28-25(30(22)29-24)19-10-9-18(32-2)15-21(19)33-3/h5-12,15H,4,13-14,16H2,1-3H3,(H,26,31). The zero-order valence-corrected chi connectivity index (χ0v) is 19.9. The number of fused-ring (bicyclic) bond motifs is 1. The second-order valence-corrected chi connectivity index (χ2v) is 7.48. The minimum atomic E-state index is -0.226. The highest BCUT2D eigenvalue weighted by Gasteiger charge is 2.16. The number of ether oxygens (including phenoxy) is 4. The first-order valence-corrected chi connectivity index (χ1v) is 11.2. The Morgan fingerprint density at radius 2 is 1.83 bits per heavy atom. The number of hydrogen-bond donors (Lipinski definition) is 1. The Labute approximate surface area is 202 Å². The summed E-state index contributed by atoms with van der Waals surface area (Å²) in [5, 5.41) is 15.7. The van der Waals surface area contributed by atoms with Gasteiger partial charge < -0.3 is 24.3 Å². The van der Waals surface area contributed by atoms with E-state index in [0.717, 1.165) is 17.7 Å². The van der Waals surface area contributed by atoms with Gasteiger partial charge in [-0.25, -0.2) is 0 Å². The third-order valence-corrected chi connectivity index (χ3v) is 5.27. The van der Waals surface area contributed by atoms with E-state index in [1.54, 1.807) is 36.9 Å². The van der Waals surface area contributed by atoms with Crippen LogP contribution in [0.5, 0.6) is 23.1 Å². The maximum atomic E-state index is 12.1. The Morgan fingerprint density at radius 3 is 2.63 bits per heavy atom. The number of carbonyl (C=O) groups is 1. The van der Waals surface area contributed by atoms with Crippen LogP contribution in [-0.2, 0) is 11.2 Å². The number of rotatable bonds is 11. The summed E-state index contributed by atoms with van der Waals surface area (Å²) in [7, 11) is 3.17. The summed E-state index contributed by atoms with van der Waals surface area (Å²) in [5.41, 5.74) is 2.33. The van der Waals surface area contributed by atoms with Gasteiger partial charge in [0.05, 0.1) is 26.3 Å². The Kier molecular flexibility index (Phi) is 7.61. The largest absolute Gasteiger partial charge is 0.497 e. The molecule has 0 aliphatic heterocycles. The molecular weight excluding hydrogens is 450 g/mol. The van der Waals surface area contributed by atoms with Gasteiger partial charge in [-0.1, -0.05) is 25.1 Å². The maximum Gasteiger partial charge on any atom is 0.258 e. The topological polar surface area (TPSA) is 109 Å². The van der Waals surface area contributed by atoms with Gasteiger partial charge in [-0.2, -0.15) is 4.52 Å². The molecule has 0 aliphatic carbocycles. The third kappa shape index (κ3) is 5.60. The number of amides is 1. The molecule has 1 N–H and O–H groups in total.